The van der Waals surface area contributed by atoms with Crippen molar-refractivity contribution in [3.8, 4) is 22.6 Å². The van der Waals surface area contributed by atoms with Gasteiger partial charge < -0.3 is 15.2 Å². The lowest BCUT2D eigenvalue weighted by atomic mass is 10.0. The van der Waals surface area contributed by atoms with Gasteiger partial charge >= 0.3 is 5.97 Å². The topological polar surface area (TPSA) is 75.6 Å². The number of ether oxygens (including phenoxy) is 1. The summed E-state index contributed by atoms with van der Waals surface area (Å²) in [7, 11) is 0. The fourth-order valence-electron chi connectivity index (χ4n) is 2.65. The number of anilines is 1. The summed E-state index contributed by atoms with van der Waals surface area (Å²) in [5.74, 6) is -0.389. The number of amides is 1. The molecule has 0 bridgehead atoms. The van der Waals surface area contributed by atoms with Crippen LogP contribution in [0.15, 0.2) is 72.8 Å². The van der Waals surface area contributed by atoms with Crippen LogP contribution in [0.1, 0.15) is 23.7 Å². The van der Waals surface area contributed by atoms with E-state index in [1.165, 1.54) is 12.1 Å². The predicted octanol–water partition coefficient (Wildman–Crippen LogP) is 5.19. The van der Waals surface area contributed by atoms with E-state index in [9.17, 15) is 14.7 Å². The Kier molecular flexibility index (Phi) is 5.52. The lowest BCUT2D eigenvalue weighted by molar-refractivity contribution is -0.115. The number of carboxylic acids is 1. The summed E-state index contributed by atoms with van der Waals surface area (Å²) in [6.45, 7) is 1.70. The molecule has 0 spiro atoms. The van der Waals surface area contributed by atoms with Gasteiger partial charge in [-0.05, 0) is 29.8 Å². The molecule has 0 heterocycles. The fourth-order valence-corrected chi connectivity index (χ4v) is 2.65. The smallest absolute Gasteiger partial charge is 0.337 e. The van der Waals surface area contributed by atoms with Crippen molar-refractivity contribution in [3.05, 3.63) is 78.4 Å². The Labute approximate surface area is 157 Å². The van der Waals surface area contributed by atoms with Crippen molar-refractivity contribution in [1.29, 1.82) is 0 Å². The molecule has 0 aromatic heterocycles. The molecule has 0 saturated carbocycles. The molecule has 0 aliphatic heterocycles. The van der Waals surface area contributed by atoms with Crippen molar-refractivity contribution < 1.29 is 19.4 Å². The average Bonchev–Trinajstić information content (AvgIpc) is 2.70. The Morgan fingerprint density at radius 2 is 1.67 bits per heavy atom. The first-order chi connectivity index (χ1) is 13.1. The second kappa shape index (κ2) is 8.19. The van der Waals surface area contributed by atoms with Crippen LogP contribution in [0, 0.1) is 0 Å². The van der Waals surface area contributed by atoms with Gasteiger partial charge in [0, 0.05) is 12.0 Å². The number of carbonyl (C=O) groups is 2. The van der Waals surface area contributed by atoms with Crippen LogP contribution < -0.4 is 10.1 Å². The Morgan fingerprint density at radius 1 is 0.963 bits per heavy atom. The maximum absolute atomic E-state index is 11.6. The Morgan fingerprint density at radius 3 is 2.37 bits per heavy atom. The summed E-state index contributed by atoms with van der Waals surface area (Å²) in [6, 6.07) is 21.9. The van der Waals surface area contributed by atoms with Crippen molar-refractivity contribution in [3.63, 3.8) is 0 Å². The van der Waals surface area contributed by atoms with Gasteiger partial charge in [-0.1, -0.05) is 55.5 Å². The van der Waals surface area contributed by atoms with Crippen molar-refractivity contribution in [2.24, 2.45) is 0 Å². The quantitative estimate of drug-likeness (QED) is 0.633. The second-order valence-electron chi connectivity index (χ2n) is 5.88. The Hall–Kier alpha value is -3.60. The SMILES string of the molecule is CCC(=O)Nc1ccc(Oc2ccccc2-c2ccccc2)cc1C(=O)O. The maximum atomic E-state index is 11.6. The number of carboxylic acid groups (broad SMARTS) is 1. The number of hydrogen-bond donors (Lipinski definition) is 2. The van der Waals surface area contributed by atoms with Crippen LogP contribution in [0.2, 0.25) is 0 Å². The van der Waals surface area contributed by atoms with Gasteiger partial charge in [-0.2, -0.15) is 0 Å². The highest BCUT2D eigenvalue weighted by Crippen LogP contribution is 2.34. The molecule has 5 nitrogen and oxygen atoms in total. The van der Waals surface area contributed by atoms with Crippen LogP contribution in [-0.4, -0.2) is 17.0 Å². The zero-order valence-corrected chi connectivity index (χ0v) is 14.8. The molecule has 2 N–H and O–H groups in total. The third-order valence-corrected chi connectivity index (χ3v) is 4.02. The van der Waals surface area contributed by atoms with Crippen LogP contribution in [0.25, 0.3) is 11.1 Å². The number of carbonyl (C=O) groups excluding carboxylic acids is 1. The molecule has 0 radical (unpaired) electrons. The molecule has 0 aliphatic carbocycles. The van der Waals surface area contributed by atoms with Gasteiger partial charge in [0.1, 0.15) is 11.5 Å². The lowest BCUT2D eigenvalue weighted by Gasteiger charge is -2.13. The molecule has 27 heavy (non-hydrogen) atoms. The molecular weight excluding hydrogens is 342 g/mol. The van der Waals surface area contributed by atoms with Crippen LogP contribution in [-0.2, 0) is 4.79 Å². The van der Waals surface area contributed by atoms with Crippen LogP contribution in [0.4, 0.5) is 5.69 Å². The van der Waals surface area contributed by atoms with E-state index >= 15 is 0 Å². The normalized spacial score (nSPS) is 10.3. The largest absolute Gasteiger partial charge is 0.478 e. The van der Waals surface area contributed by atoms with E-state index < -0.39 is 5.97 Å². The van der Waals surface area contributed by atoms with Gasteiger partial charge in [-0.25, -0.2) is 4.79 Å². The van der Waals surface area contributed by atoms with Gasteiger partial charge in [0.2, 0.25) is 5.91 Å². The fraction of sp³-hybridized carbons (Fsp3) is 0.0909. The van der Waals surface area contributed by atoms with Gasteiger partial charge in [0.25, 0.3) is 0 Å². The first kappa shape index (κ1) is 18.2. The Bertz CT molecular complexity index is 967. The standard InChI is InChI=1S/C22H19NO4/c1-2-21(24)23-19-13-12-16(14-18(19)22(25)26)27-20-11-7-6-10-17(20)15-8-4-3-5-9-15/h3-14H,2H2,1H3,(H,23,24)(H,25,26). The first-order valence-corrected chi connectivity index (χ1v) is 8.58. The molecule has 3 rings (SSSR count). The first-order valence-electron chi connectivity index (χ1n) is 8.58. The molecule has 3 aromatic rings. The van der Waals surface area contributed by atoms with Crippen LogP contribution in [0.3, 0.4) is 0 Å². The number of nitrogens with one attached hydrogen (secondary N) is 1. The number of hydrogen-bond acceptors (Lipinski definition) is 3. The van der Waals surface area contributed by atoms with E-state index in [1.807, 2.05) is 54.6 Å². The highest BCUT2D eigenvalue weighted by molar-refractivity contribution is 6.00. The van der Waals surface area contributed by atoms with Gasteiger partial charge in [0.15, 0.2) is 0 Å². The third kappa shape index (κ3) is 4.33. The molecule has 0 atom stereocenters. The molecular formula is C22H19NO4. The number of para-hydroxylation sites is 1. The van der Waals surface area contributed by atoms with E-state index in [4.69, 9.17) is 4.74 Å². The molecule has 0 fully saturated rings. The molecule has 0 aliphatic rings. The second-order valence-corrected chi connectivity index (χ2v) is 5.88. The highest BCUT2D eigenvalue weighted by atomic mass is 16.5. The van der Waals surface area contributed by atoms with E-state index in [2.05, 4.69) is 5.32 Å². The van der Waals surface area contributed by atoms with Gasteiger partial charge in [-0.3, -0.25) is 4.79 Å². The Balaban J connectivity index is 1.94. The van der Waals surface area contributed by atoms with Crippen molar-refractivity contribution in [1.82, 2.24) is 0 Å². The van der Waals surface area contributed by atoms with Crippen molar-refractivity contribution in [2.45, 2.75) is 13.3 Å². The minimum atomic E-state index is -1.14. The van der Waals surface area contributed by atoms with Crippen LogP contribution >= 0.6 is 0 Å². The monoisotopic (exact) mass is 361 g/mol. The van der Waals surface area contributed by atoms with E-state index in [0.717, 1.165) is 11.1 Å². The highest BCUT2D eigenvalue weighted by Gasteiger charge is 2.15. The minimum Gasteiger partial charge on any atom is -0.478 e. The number of aromatic carboxylic acids is 1. The minimum absolute atomic E-state index is 0.0218. The van der Waals surface area contributed by atoms with Crippen molar-refractivity contribution in [2.75, 3.05) is 5.32 Å². The molecule has 0 unspecified atom stereocenters. The third-order valence-electron chi connectivity index (χ3n) is 4.02. The summed E-state index contributed by atoms with van der Waals surface area (Å²) >= 11 is 0. The molecule has 136 valence electrons. The van der Waals surface area contributed by atoms with E-state index in [1.54, 1.807) is 13.0 Å². The predicted molar refractivity (Wildman–Crippen MR) is 104 cm³/mol. The maximum Gasteiger partial charge on any atom is 0.337 e. The molecule has 3 aromatic carbocycles. The van der Waals surface area contributed by atoms with Crippen LogP contribution in [0.5, 0.6) is 11.5 Å². The number of benzene rings is 3. The summed E-state index contributed by atoms with van der Waals surface area (Å²) < 4.78 is 5.97. The average molecular weight is 361 g/mol. The summed E-state index contributed by atoms with van der Waals surface area (Å²) in [5, 5.41) is 12.1. The number of rotatable bonds is 6. The summed E-state index contributed by atoms with van der Waals surface area (Å²) in [4.78, 5) is 23.2. The molecule has 1 amide bonds. The lowest BCUT2D eigenvalue weighted by Crippen LogP contribution is -2.13. The molecule has 5 heteroatoms. The molecule has 0 saturated heterocycles. The van der Waals surface area contributed by atoms with E-state index in [-0.39, 0.29) is 23.6 Å². The van der Waals surface area contributed by atoms with Gasteiger partial charge in [0.05, 0.1) is 11.3 Å². The summed E-state index contributed by atoms with van der Waals surface area (Å²) in [6.07, 6.45) is 0.266. The zero-order chi connectivity index (χ0) is 19.2. The van der Waals surface area contributed by atoms with Crippen molar-refractivity contribution >= 4 is 17.6 Å². The van der Waals surface area contributed by atoms with Gasteiger partial charge in [-0.15, -0.1) is 0 Å². The summed E-state index contributed by atoms with van der Waals surface area (Å²) in [5.41, 5.74) is 2.13. The van der Waals surface area contributed by atoms with E-state index in [0.29, 0.717) is 11.5 Å². The zero-order valence-electron chi connectivity index (χ0n) is 14.8.